The Kier molecular flexibility index (Phi) is 2.59. The molecule has 0 unspecified atom stereocenters. The zero-order chi connectivity index (χ0) is 10.1. The molecular weight excluding hydrogens is 170 g/mol. The van der Waals surface area contributed by atoms with Crippen LogP contribution in [0.4, 0.5) is 0 Å². The van der Waals surface area contributed by atoms with Crippen LogP contribution in [-0.2, 0) is 9.59 Å². The number of carbonyl (C=O) groups is 2. The van der Waals surface area contributed by atoms with Crippen molar-refractivity contribution in [2.45, 2.75) is 39.2 Å². The second kappa shape index (κ2) is 3.36. The normalized spacial score (nSPS) is 16.8. The van der Waals surface area contributed by atoms with E-state index in [1.807, 2.05) is 0 Å². The molecule has 4 heteroatoms. The van der Waals surface area contributed by atoms with E-state index in [2.05, 4.69) is 5.32 Å². The number of carboxylic acid groups (broad SMARTS) is 1. The number of hydrogen-bond donors (Lipinski definition) is 2. The molecule has 1 fully saturated rings. The van der Waals surface area contributed by atoms with Gasteiger partial charge in [0, 0.05) is 12.5 Å². The summed E-state index contributed by atoms with van der Waals surface area (Å²) in [5, 5.41) is 11.5. The quantitative estimate of drug-likeness (QED) is 0.679. The minimum absolute atomic E-state index is 0.0544. The average molecular weight is 185 g/mol. The molecule has 0 bridgehead atoms. The molecule has 0 aromatic heterocycles. The van der Waals surface area contributed by atoms with E-state index in [-0.39, 0.29) is 12.3 Å². The van der Waals surface area contributed by atoms with Crippen molar-refractivity contribution in [3.05, 3.63) is 0 Å². The van der Waals surface area contributed by atoms with Gasteiger partial charge in [-0.15, -0.1) is 0 Å². The summed E-state index contributed by atoms with van der Waals surface area (Å²) in [5.41, 5.74) is -0.959. The maximum absolute atomic E-state index is 11.2. The zero-order valence-corrected chi connectivity index (χ0v) is 7.96. The van der Waals surface area contributed by atoms with Gasteiger partial charge >= 0.3 is 5.97 Å². The van der Waals surface area contributed by atoms with Crippen LogP contribution in [0.1, 0.15) is 33.1 Å². The number of carbonyl (C=O) groups excluding carboxylic acids is 1. The van der Waals surface area contributed by atoms with Crippen molar-refractivity contribution >= 4 is 11.9 Å². The highest BCUT2D eigenvalue weighted by molar-refractivity contribution is 5.84. The summed E-state index contributed by atoms with van der Waals surface area (Å²) in [6, 6.07) is 0.303. The van der Waals surface area contributed by atoms with Crippen LogP contribution in [0.5, 0.6) is 0 Å². The summed E-state index contributed by atoms with van der Waals surface area (Å²) in [7, 11) is 0. The molecule has 0 spiro atoms. The van der Waals surface area contributed by atoms with Crippen LogP contribution in [0.2, 0.25) is 0 Å². The van der Waals surface area contributed by atoms with E-state index in [0.29, 0.717) is 6.04 Å². The second-order valence-electron chi connectivity index (χ2n) is 4.21. The third kappa shape index (κ3) is 3.05. The van der Waals surface area contributed by atoms with E-state index in [1.54, 1.807) is 13.8 Å². The molecule has 0 heterocycles. The molecule has 1 amide bonds. The first kappa shape index (κ1) is 10.0. The molecule has 1 rings (SSSR count). The molecule has 1 aliphatic carbocycles. The van der Waals surface area contributed by atoms with E-state index in [4.69, 9.17) is 5.11 Å². The fraction of sp³-hybridized carbons (Fsp3) is 0.778. The lowest BCUT2D eigenvalue weighted by molar-refractivity contribution is -0.149. The van der Waals surface area contributed by atoms with Gasteiger partial charge in [0.05, 0.1) is 5.41 Å². The maximum atomic E-state index is 11.2. The van der Waals surface area contributed by atoms with Gasteiger partial charge in [0.2, 0.25) is 5.91 Å². The van der Waals surface area contributed by atoms with Crippen molar-refractivity contribution in [1.29, 1.82) is 0 Å². The SMILES string of the molecule is CC(C)(CC(=O)NC1CC1)C(=O)O. The first-order chi connectivity index (χ1) is 5.92. The topological polar surface area (TPSA) is 66.4 Å². The first-order valence-electron chi connectivity index (χ1n) is 4.44. The Bertz CT molecular complexity index is 231. The van der Waals surface area contributed by atoms with Crippen LogP contribution >= 0.6 is 0 Å². The van der Waals surface area contributed by atoms with E-state index < -0.39 is 11.4 Å². The van der Waals surface area contributed by atoms with Crippen LogP contribution in [0, 0.1) is 5.41 Å². The van der Waals surface area contributed by atoms with Crippen molar-refractivity contribution in [2.75, 3.05) is 0 Å². The van der Waals surface area contributed by atoms with Crippen LogP contribution in [0.15, 0.2) is 0 Å². The lowest BCUT2D eigenvalue weighted by Gasteiger charge is -2.17. The number of carboxylic acids is 1. The summed E-state index contributed by atoms with van der Waals surface area (Å²) in [6.45, 7) is 3.11. The van der Waals surface area contributed by atoms with Gasteiger partial charge in [0.25, 0.3) is 0 Å². The maximum Gasteiger partial charge on any atom is 0.309 e. The summed E-state index contributed by atoms with van der Waals surface area (Å²) >= 11 is 0. The first-order valence-corrected chi connectivity index (χ1v) is 4.44. The van der Waals surface area contributed by atoms with E-state index in [0.717, 1.165) is 12.8 Å². The molecule has 0 saturated heterocycles. The predicted octanol–water partition coefficient (Wildman–Crippen LogP) is 0.766. The monoisotopic (exact) mass is 185 g/mol. The smallest absolute Gasteiger partial charge is 0.309 e. The van der Waals surface area contributed by atoms with Gasteiger partial charge in [0.15, 0.2) is 0 Å². The predicted molar refractivity (Wildman–Crippen MR) is 47.2 cm³/mol. The Labute approximate surface area is 77.3 Å². The van der Waals surface area contributed by atoms with E-state index >= 15 is 0 Å². The van der Waals surface area contributed by atoms with Crippen molar-refractivity contribution in [3.63, 3.8) is 0 Å². The molecule has 0 aliphatic heterocycles. The van der Waals surface area contributed by atoms with Crippen molar-refractivity contribution < 1.29 is 14.7 Å². The Morgan fingerprint density at radius 1 is 1.46 bits per heavy atom. The fourth-order valence-corrected chi connectivity index (χ4v) is 0.983. The summed E-state index contributed by atoms with van der Waals surface area (Å²) in [6.07, 6.45) is 2.11. The average Bonchev–Trinajstić information content (AvgIpc) is 2.69. The largest absolute Gasteiger partial charge is 0.481 e. The molecule has 13 heavy (non-hydrogen) atoms. The van der Waals surface area contributed by atoms with Gasteiger partial charge in [0.1, 0.15) is 0 Å². The number of amides is 1. The number of aliphatic carboxylic acids is 1. The molecule has 74 valence electrons. The van der Waals surface area contributed by atoms with Crippen LogP contribution in [0.25, 0.3) is 0 Å². The van der Waals surface area contributed by atoms with E-state index in [9.17, 15) is 9.59 Å². The van der Waals surface area contributed by atoms with Gasteiger partial charge < -0.3 is 10.4 Å². The molecule has 0 aromatic carbocycles. The van der Waals surface area contributed by atoms with Crippen LogP contribution < -0.4 is 5.32 Å². The van der Waals surface area contributed by atoms with Gasteiger partial charge in [-0.3, -0.25) is 9.59 Å². The lowest BCUT2D eigenvalue weighted by Crippen LogP contribution is -2.34. The van der Waals surface area contributed by atoms with Gasteiger partial charge in [-0.2, -0.15) is 0 Å². The number of hydrogen-bond acceptors (Lipinski definition) is 2. The Balaban J connectivity index is 2.36. The van der Waals surface area contributed by atoms with Crippen molar-refractivity contribution in [1.82, 2.24) is 5.32 Å². The highest BCUT2D eigenvalue weighted by Crippen LogP contribution is 2.23. The minimum atomic E-state index is -0.959. The van der Waals surface area contributed by atoms with Gasteiger partial charge in [-0.1, -0.05) is 0 Å². The van der Waals surface area contributed by atoms with Crippen molar-refractivity contribution in [3.8, 4) is 0 Å². The molecule has 4 nitrogen and oxygen atoms in total. The molecule has 1 saturated carbocycles. The lowest BCUT2D eigenvalue weighted by atomic mass is 9.89. The summed E-state index contributed by atoms with van der Waals surface area (Å²) in [4.78, 5) is 21.9. The summed E-state index contributed by atoms with van der Waals surface area (Å²) < 4.78 is 0. The number of rotatable bonds is 4. The van der Waals surface area contributed by atoms with Gasteiger partial charge in [-0.05, 0) is 26.7 Å². The highest BCUT2D eigenvalue weighted by Gasteiger charge is 2.32. The summed E-state index contributed by atoms with van der Waals surface area (Å²) in [5.74, 6) is -1.09. The van der Waals surface area contributed by atoms with Gasteiger partial charge in [-0.25, -0.2) is 0 Å². The Morgan fingerprint density at radius 2 is 2.00 bits per heavy atom. The third-order valence-electron chi connectivity index (χ3n) is 2.12. The number of nitrogens with one attached hydrogen (secondary N) is 1. The molecule has 0 atom stereocenters. The zero-order valence-electron chi connectivity index (χ0n) is 7.96. The molecule has 0 aromatic rings. The second-order valence-corrected chi connectivity index (χ2v) is 4.21. The minimum Gasteiger partial charge on any atom is -0.481 e. The van der Waals surface area contributed by atoms with Crippen LogP contribution in [0.3, 0.4) is 0 Å². The molecular formula is C9H15NO3. The molecule has 1 aliphatic rings. The van der Waals surface area contributed by atoms with E-state index in [1.165, 1.54) is 0 Å². The van der Waals surface area contributed by atoms with Crippen molar-refractivity contribution in [2.24, 2.45) is 5.41 Å². The molecule has 0 radical (unpaired) electrons. The standard InChI is InChI=1S/C9H15NO3/c1-9(2,8(12)13)5-7(11)10-6-3-4-6/h6H,3-5H2,1-2H3,(H,10,11)(H,12,13). The Morgan fingerprint density at radius 3 is 2.38 bits per heavy atom. The Hall–Kier alpha value is -1.06. The third-order valence-corrected chi connectivity index (χ3v) is 2.12. The molecule has 2 N–H and O–H groups in total. The fourth-order valence-electron chi connectivity index (χ4n) is 0.983. The highest BCUT2D eigenvalue weighted by atomic mass is 16.4. The van der Waals surface area contributed by atoms with Crippen LogP contribution in [-0.4, -0.2) is 23.0 Å².